The first-order valence-corrected chi connectivity index (χ1v) is 11.2. The van der Waals surface area contributed by atoms with E-state index in [0.717, 1.165) is 69.1 Å². The SMILES string of the molecule is COc1ccc2c(c1)CCOC21CCN(C(=O)CN2CCOc3ccccc3C2)CC1. The number of nitrogens with zero attached hydrogens (tertiary/aromatic N) is 2. The Labute approximate surface area is 183 Å². The predicted octanol–water partition coefficient (Wildman–Crippen LogP) is 2.98. The van der Waals surface area contributed by atoms with Crippen LogP contribution in [0, 0.1) is 0 Å². The molecule has 6 nitrogen and oxygen atoms in total. The van der Waals surface area contributed by atoms with Gasteiger partial charge in [-0.3, -0.25) is 9.69 Å². The lowest BCUT2D eigenvalue weighted by Gasteiger charge is -2.45. The number of amides is 1. The fraction of sp³-hybridized carbons (Fsp3) is 0.480. The lowest BCUT2D eigenvalue weighted by molar-refractivity contribution is -0.142. The smallest absolute Gasteiger partial charge is 0.236 e. The summed E-state index contributed by atoms with van der Waals surface area (Å²) in [5.41, 5.74) is 3.46. The number of hydrogen-bond donors (Lipinski definition) is 0. The van der Waals surface area contributed by atoms with Crippen molar-refractivity contribution in [3.8, 4) is 11.5 Å². The van der Waals surface area contributed by atoms with E-state index in [9.17, 15) is 4.79 Å². The molecule has 0 N–H and O–H groups in total. The number of fused-ring (bicyclic) bond motifs is 3. The van der Waals surface area contributed by atoms with Gasteiger partial charge in [-0.2, -0.15) is 0 Å². The molecule has 6 heteroatoms. The largest absolute Gasteiger partial charge is 0.497 e. The number of likely N-dealkylation sites (tertiary alicyclic amines) is 1. The molecule has 3 aliphatic heterocycles. The summed E-state index contributed by atoms with van der Waals surface area (Å²) in [6, 6.07) is 14.4. The van der Waals surface area contributed by atoms with Crippen LogP contribution < -0.4 is 9.47 Å². The van der Waals surface area contributed by atoms with Gasteiger partial charge < -0.3 is 19.1 Å². The van der Waals surface area contributed by atoms with Gasteiger partial charge >= 0.3 is 0 Å². The molecule has 0 aliphatic carbocycles. The highest BCUT2D eigenvalue weighted by atomic mass is 16.5. The van der Waals surface area contributed by atoms with E-state index in [1.165, 1.54) is 11.1 Å². The Bertz CT molecular complexity index is 952. The second-order valence-corrected chi connectivity index (χ2v) is 8.66. The van der Waals surface area contributed by atoms with Gasteiger partial charge in [0, 0.05) is 31.7 Å². The molecular weight excluding hydrogens is 392 g/mol. The van der Waals surface area contributed by atoms with Crippen molar-refractivity contribution in [3.63, 3.8) is 0 Å². The summed E-state index contributed by atoms with van der Waals surface area (Å²) < 4.78 is 17.6. The summed E-state index contributed by atoms with van der Waals surface area (Å²) in [6.45, 7) is 4.73. The maximum atomic E-state index is 13.1. The van der Waals surface area contributed by atoms with E-state index < -0.39 is 0 Å². The minimum atomic E-state index is -0.272. The highest BCUT2D eigenvalue weighted by Gasteiger charge is 2.41. The Kier molecular flexibility index (Phi) is 5.59. The lowest BCUT2D eigenvalue weighted by atomic mass is 9.79. The van der Waals surface area contributed by atoms with Gasteiger partial charge in [-0.15, -0.1) is 0 Å². The molecule has 0 atom stereocenters. The van der Waals surface area contributed by atoms with E-state index >= 15 is 0 Å². The fourth-order valence-corrected chi connectivity index (χ4v) is 5.12. The minimum Gasteiger partial charge on any atom is -0.497 e. The van der Waals surface area contributed by atoms with Crippen LogP contribution in [0.4, 0.5) is 0 Å². The monoisotopic (exact) mass is 422 g/mol. The van der Waals surface area contributed by atoms with Crippen LogP contribution in [-0.4, -0.2) is 62.2 Å². The van der Waals surface area contributed by atoms with Gasteiger partial charge in [0.15, 0.2) is 0 Å². The molecular formula is C25H30N2O4. The average Bonchev–Trinajstić information content (AvgIpc) is 3.01. The average molecular weight is 423 g/mol. The van der Waals surface area contributed by atoms with E-state index in [1.807, 2.05) is 29.2 Å². The highest BCUT2D eigenvalue weighted by Crippen LogP contribution is 2.42. The van der Waals surface area contributed by atoms with Gasteiger partial charge in [0.25, 0.3) is 0 Å². The van der Waals surface area contributed by atoms with Crippen LogP contribution in [0.3, 0.4) is 0 Å². The van der Waals surface area contributed by atoms with Crippen LogP contribution in [0.25, 0.3) is 0 Å². The van der Waals surface area contributed by atoms with Crippen LogP contribution in [0.2, 0.25) is 0 Å². The molecule has 1 spiro atoms. The van der Waals surface area contributed by atoms with Gasteiger partial charge in [-0.25, -0.2) is 0 Å². The number of carbonyl (C=O) groups is 1. The Morgan fingerprint density at radius 3 is 2.74 bits per heavy atom. The van der Waals surface area contributed by atoms with Crippen molar-refractivity contribution in [2.75, 3.05) is 46.5 Å². The Balaban J connectivity index is 1.23. The number of methoxy groups -OCH3 is 1. The second kappa shape index (κ2) is 8.52. The minimum absolute atomic E-state index is 0.194. The molecule has 1 saturated heterocycles. The molecule has 5 rings (SSSR count). The summed E-state index contributed by atoms with van der Waals surface area (Å²) in [5.74, 6) is 2.02. The lowest BCUT2D eigenvalue weighted by Crippen LogP contribution is -2.50. The summed E-state index contributed by atoms with van der Waals surface area (Å²) in [7, 11) is 1.70. The molecule has 2 aromatic rings. The number of carbonyl (C=O) groups excluding carboxylic acids is 1. The summed E-state index contributed by atoms with van der Waals surface area (Å²) in [5, 5.41) is 0. The van der Waals surface area contributed by atoms with Crippen LogP contribution >= 0.6 is 0 Å². The number of piperidine rings is 1. The van der Waals surface area contributed by atoms with Crippen molar-refractivity contribution in [3.05, 3.63) is 59.2 Å². The third-order valence-electron chi connectivity index (χ3n) is 6.87. The van der Waals surface area contributed by atoms with Crippen molar-refractivity contribution in [1.29, 1.82) is 0 Å². The van der Waals surface area contributed by atoms with E-state index in [-0.39, 0.29) is 11.5 Å². The molecule has 3 aliphatic rings. The van der Waals surface area contributed by atoms with Gasteiger partial charge in [0.1, 0.15) is 18.1 Å². The number of para-hydroxylation sites is 1. The predicted molar refractivity (Wildman–Crippen MR) is 117 cm³/mol. The molecule has 0 radical (unpaired) electrons. The van der Waals surface area contributed by atoms with Crippen LogP contribution in [0.1, 0.15) is 29.5 Å². The van der Waals surface area contributed by atoms with E-state index in [4.69, 9.17) is 14.2 Å². The molecule has 2 aromatic carbocycles. The van der Waals surface area contributed by atoms with Gasteiger partial charge in [-0.05, 0) is 48.6 Å². The van der Waals surface area contributed by atoms with Gasteiger partial charge in [0.05, 0.1) is 25.9 Å². The van der Waals surface area contributed by atoms with Gasteiger partial charge in [-0.1, -0.05) is 24.3 Å². The fourth-order valence-electron chi connectivity index (χ4n) is 5.12. The van der Waals surface area contributed by atoms with Crippen molar-refractivity contribution < 1.29 is 19.0 Å². The number of benzene rings is 2. The second-order valence-electron chi connectivity index (χ2n) is 8.66. The maximum Gasteiger partial charge on any atom is 0.236 e. The van der Waals surface area contributed by atoms with E-state index in [1.54, 1.807) is 7.11 Å². The normalized spacial score (nSPS) is 20.4. The quantitative estimate of drug-likeness (QED) is 0.761. The van der Waals surface area contributed by atoms with Crippen molar-refractivity contribution >= 4 is 5.91 Å². The molecule has 0 bridgehead atoms. The molecule has 3 heterocycles. The first-order chi connectivity index (χ1) is 15.2. The number of hydrogen-bond acceptors (Lipinski definition) is 5. The zero-order valence-electron chi connectivity index (χ0n) is 18.1. The topological polar surface area (TPSA) is 51.2 Å². The highest BCUT2D eigenvalue weighted by molar-refractivity contribution is 5.78. The van der Waals surface area contributed by atoms with Crippen molar-refractivity contribution in [2.45, 2.75) is 31.4 Å². The number of rotatable bonds is 3. The Morgan fingerprint density at radius 1 is 1.06 bits per heavy atom. The Morgan fingerprint density at radius 2 is 1.90 bits per heavy atom. The van der Waals surface area contributed by atoms with Crippen molar-refractivity contribution in [1.82, 2.24) is 9.80 Å². The number of ether oxygens (including phenoxy) is 3. The molecule has 164 valence electrons. The molecule has 0 unspecified atom stereocenters. The van der Waals surface area contributed by atoms with E-state index in [2.05, 4.69) is 23.1 Å². The molecule has 0 saturated carbocycles. The first-order valence-electron chi connectivity index (χ1n) is 11.2. The third kappa shape index (κ3) is 4.02. The van der Waals surface area contributed by atoms with Crippen LogP contribution in [0.5, 0.6) is 11.5 Å². The molecule has 0 aromatic heterocycles. The summed E-state index contributed by atoms with van der Waals surface area (Å²) in [4.78, 5) is 17.3. The van der Waals surface area contributed by atoms with Crippen molar-refractivity contribution in [2.24, 2.45) is 0 Å². The van der Waals surface area contributed by atoms with Gasteiger partial charge in [0.2, 0.25) is 5.91 Å². The summed E-state index contributed by atoms with van der Waals surface area (Å²) >= 11 is 0. The zero-order valence-corrected chi connectivity index (χ0v) is 18.1. The third-order valence-corrected chi connectivity index (χ3v) is 6.87. The van der Waals surface area contributed by atoms with Crippen LogP contribution in [-0.2, 0) is 28.1 Å². The first kappa shape index (κ1) is 20.3. The molecule has 1 amide bonds. The standard InChI is InChI=1S/C25H30N2O4/c1-29-21-6-7-22-19(16-21)8-14-31-25(22)9-11-27(12-10-25)24(28)18-26-13-15-30-23-5-3-2-4-20(23)17-26/h2-7,16H,8-15,17-18H2,1H3. The molecule has 31 heavy (non-hydrogen) atoms. The summed E-state index contributed by atoms with van der Waals surface area (Å²) in [6.07, 6.45) is 2.59. The Hall–Kier alpha value is -2.57. The molecule has 1 fully saturated rings. The zero-order chi connectivity index (χ0) is 21.3. The maximum absolute atomic E-state index is 13.1. The van der Waals surface area contributed by atoms with Crippen LogP contribution in [0.15, 0.2) is 42.5 Å². The van der Waals surface area contributed by atoms with E-state index in [0.29, 0.717) is 13.2 Å².